The summed E-state index contributed by atoms with van der Waals surface area (Å²) >= 11 is 0. The Bertz CT molecular complexity index is 1070. The predicted octanol–water partition coefficient (Wildman–Crippen LogP) is 2.55. The van der Waals surface area contributed by atoms with Gasteiger partial charge in [-0.2, -0.15) is 0 Å². The number of nitrogens with zero attached hydrogens (tertiary/aromatic N) is 3. The maximum atomic E-state index is 12.4. The number of amides is 1. The molecule has 1 aromatic carbocycles. The number of ether oxygens (including phenoxy) is 1. The summed E-state index contributed by atoms with van der Waals surface area (Å²) in [5, 5.41) is 24.6. The summed E-state index contributed by atoms with van der Waals surface area (Å²) in [6, 6.07) is 6.38. The monoisotopic (exact) mass is 452 g/mol. The highest BCUT2D eigenvalue weighted by Crippen LogP contribution is 2.43. The lowest BCUT2D eigenvalue weighted by Gasteiger charge is -2.21. The zero-order chi connectivity index (χ0) is 23.2. The van der Waals surface area contributed by atoms with E-state index >= 15 is 0 Å². The molecule has 1 atom stereocenters. The molecule has 1 heterocycles. The van der Waals surface area contributed by atoms with Crippen LogP contribution in [0.4, 0.5) is 17.3 Å². The normalized spacial score (nSPS) is 12.5. The number of benzene rings is 1. The van der Waals surface area contributed by atoms with Crippen LogP contribution in [0, 0.1) is 27.2 Å². The Labute approximate surface area is 177 Å². The Kier molecular flexibility index (Phi) is 7.81. The highest BCUT2D eigenvalue weighted by Gasteiger charge is 2.24. The molecule has 12 nitrogen and oxygen atoms in total. The Balaban J connectivity index is 2.20. The number of nitrogens with one attached hydrogen (secondary N) is 1. The van der Waals surface area contributed by atoms with Crippen LogP contribution >= 0.6 is 7.34 Å². The molecule has 166 valence electrons. The first-order chi connectivity index (χ1) is 14.6. The van der Waals surface area contributed by atoms with Crippen LogP contribution in [-0.2, 0) is 9.32 Å². The third-order valence-corrected chi connectivity index (χ3v) is 6.48. The molecule has 0 radical (unpaired) electrons. The van der Waals surface area contributed by atoms with Crippen molar-refractivity contribution in [3.05, 3.63) is 56.1 Å². The van der Waals surface area contributed by atoms with Crippen LogP contribution in [0.5, 0.6) is 5.75 Å². The lowest BCUT2D eigenvalue weighted by atomic mass is 10.2. The second-order valence-electron chi connectivity index (χ2n) is 6.14. The summed E-state index contributed by atoms with van der Waals surface area (Å²) in [5.74, 6) is 0.172. The molecule has 2 rings (SSSR count). The quantitative estimate of drug-likeness (QED) is 0.330. The van der Waals surface area contributed by atoms with Crippen LogP contribution in [-0.4, -0.2) is 44.6 Å². The standard InChI is InChI=1S/C18H21N4O8P/c1-4-29-14-7-9-16(22(26)27)19-18(14)20-17(23)11-30-31(28,5-2)15-8-6-13(21(24)25)10-12(15)3/h5-10,28H,4,11H2,1-3H3,(H,19,20,23). The van der Waals surface area contributed by atoms with Crippen molar-refractivity contribution in [1.29, 1.82) is 0 Å². The Hall–Kier alpha value is -3.34. The molecule has 2 N–H and O–H groups in total. The van der Waals surface area contributed by atoms with Crippen LogP contribution in [0.2, 0.25) is 0 Å². The number of aryl methyl sites for hydroxylation is 1. The van der Waals surface area contributed by atoms with Gasteiger partial charge < -0.3 is 24.3 Å². The molecule has 1 unspecified atom stereocenters. The van der Waals surface area contributed by atoms with Gasteiger partial charge in [-0.05, 0) is 54.2 Å². The van der Waals surface area contributed by atoms with Crippen LogP contribution in [0.3, 0.4) is 0 Å². The van der Waals surface area contributed by atoms with Crippen molar-refractivity contribution in [1.82, 2.24) is 4.98 Å². The average molecular weight is 452 g/mol. The van der Waals surface area contributed by atoms with Gasteiger partial charge in [0.2, 0.25) is 0 Å². The molecule has 31 heavy (non-hydrogen) atoms. The number of rotatable bonds is 9. The number of carbonyl (C=O) groups excluding carboxylic acids is 1. The van der Waals surface area contributed by atoms with Gasteiger partial charge in [-0.25, -0.2) is 0 Å². The Morgan fingerprint density at radius 1 is 1.26 bits per heavy atom. The summed E-state index contributed by atoms with van der Waals surface area (Å²) in [5.41, 5.74) is 0.296. The van der Waals surface area contributed by atoms with E-state index < -0.39 is 35.5 Å². The van der Waals surface area contributed by atoms with Crippen LogP contribution in [0.15, 0.2) is 30.3 Å². The number of hydrogen-bond acceptors (Lipinski definition) is 9. The molecule has 0 aliphatic heterocycles. The van der Waals surface area contributed by atoms with E-state index in [0.29, 0.717) is 10.9 Å². The fourth-order valence-electron chi connectivity index (χ4n) is 2.62. The molecule has 0 aliphatic carbocycles. The molecule has 0 saturated heterocycles. The second kappa shape index (κ2) is 10.1. The molecule has 0 spiro atoms. The van der Waals surface area contributed by atoms with E-state index in [0.717, 1.165) is 6.07 Å². The minimum absolute atomic E-state index is 0.137. The first-order valence-corrected chi connectivity index (χ1v) is 10.7. The van der Waals surface area contributed by atoms with Crippen molar-refractivity contribution in [3.8, 4) is 5.75 Å². The van der Waals surface area contributed by atoms with E-state index in [2.05, 4.69) is 10.3 Å². The van der Waals surface area contributed by atoms with Crippen LogP contribution in [0.25, 0.3) is 0 Å². The van der Waals surface area contributed by atoms with Gasteiger partial charge >= 0.3 is 5.82 Å². The summed E-state index contributed by atoms with van der Waals surface area (Å²) < 4.78 is 10.8. The second-order valence-corrected chi connectivity index (χ2v) is 8.64. The molecule has 0 bridgehead atoms. The fraction of sp³-hybridized carbons (Fsp3) is 0.278. The van der Waals surface area contributed by atoms with E-state index in [4.69, 9.17) is 9.26 Å². The van der Waals surface area contributed by atoms with Crippen LogP contribution < -0.4 is 15.4 Å². The van der Waals surface area contributed by atoms with Gasteiger partial charge in [0, 0.05) is 23.5 Å². The number of carbonyl (C=O) groups is 1. The summed E-state index contributed by atoms with van der Waals surface area (Å²) in [4.78, 5) is 47.7. The van der Waals surface area contributed by atoms with E-state index in [1.54, 1.807) is 20.8 Å². The number of aromatic nitrogens is 1. The number of nitro groups is 2. The average Bonchev–Trinajstić information content (AvgIpc) is 2.73. The number of hydrogen-bond donors (Lipinski definition) is 2. The predicted molar refractivity (Wildman–Crippen MR) is 115 cm³/mol. The maximum absolute atomic E-state index is 12.4. The molecular formula is C18H21N4O8P. The first kappa shape index (κ1) is 23.9. The van der Waals surface area contributed by atoms with E-state index in [1.165, 1.54) is 30.1 Å². The van der Waals surface area contributed by atoms with Crippen molar-refractivity contribution in [2.45, 2.75) is 20.8 Å². The zero-order valence-corrected chi connectivity index (χ0v) is 17.9. The minimum atomic E-state index is -3.37. The van der Waals surface area contributed by atoms with Gasteiger partial charge in [-0.1, -0.05) is 0 Å². The molecule has 0 fully saturated rings. The van der Waals surface area contributed by atoms with Crippen molar-refractivity contribution in [2.75, 3.05) is 18.5 Å². The third kappa shape index (κ3) is 5.85. The van der Waals surface area contributed by atoms with Crippen molar-refractivity contribution < 1.29 is 28.8 Å². The van der Waals surface area contributed by atoms with E-state index in [9.17, 15) is 29.9 Å². The first-order valence-electron chi connectivity index (χ1n) is 9.01. The third-order valence-electron chi connectivity index (χ3n) is 4.07. The Morgan fingerprint density at radius 2 is 1.97 bits per heavy atom. The molecule has 1 amide bonds. The highest BCUT2D eigenvalue weighted by atomic mass is 31.2. The minimum Gasteiger partial charge on any atom is -0.488 e. The van der Waals surface area contributed by atoms with Crippen molar-refractivity contribution >= 4 is 41.7 Å². The largest absolute Gasteiger partial charge is 0.488 e. The molecule has 0 aliphatic rings. The summed E-state index contributed by atoms with van der Waals surface area (Å²) in [6.45, 7) is 4.48. The summed E-state index contributed by atoms with van der Waals surface area (Å²) in [7, 11) is -3.37. The molecule has 2 aromatic rings. The topological polar surface area (TPSA) is 167 Å². The van der Waals surface area contributed by atoms with Gasteiger partial charge in [-0.3, -0.25) is 20.2 Å². The number of anilines is 1. The van der Waals surface area contributed by atoms with Crippen molar-refractivity contribution in [2.24, 2.45) is 0 Å². The van der Waals surface area contributed by atoms with Crippen molar-refractivity contribution in [3.63, 3.8) is 0 Å². The van der Waals surface area contributed by atoms with Gasteiger partial charge in [0.15, 0.2) is 5.75 Å². The van der Waals surface area contributed by atoms with Gasteiger partial charge in [0.25, 0.3) is 17.4 Å². The fourth-order valence-corrected chi connectivity index (χ4v) is 4.36. The smallest absolute Gasteiger partial charge is 0.366 e. The molecule has 1 aromatic heterocycles. The van der Waals surface area contributed by atoms with Gasteiger partial charge in [-0.15, -0.1) is 0 Å². The van der Waals surface area contributed by atoms with E-state index in [-0.39, 0.29) is 23.9 Å². The molecule has 0 saturated carbocycles. The molecule has 13 heteroatoms. The number of pyridine rings is 1. The lowest BCUT2D eigenvalue weighted by Crippen LogP contribution is -2.22. The number of nitro benzene ring substituents is 1. The Morgan fingerprint density at radius 3 is 2.52 bits per heavy atom. The summed E-state index contributed by atoms with van der Waals surface area (Å²) in [6.07, 6.45) is 0. The SMILES string of the molecule is CC=P(O)(OCC(=O)Nc1nc([N+](=O)[O-])ccc1OCC)c1ccc([N+](=O)[O-])cc1C. The van der Waals surface area contributed by atoms with Gasteiger partial charge in [0.1, 0.15) is 13.9 Å². The maximum Gasteiger partial charge on any atom is 0.366 e. The molecular weight excluding hydrogens is 431 g/mol. The van der Waals surface area contributed by atoms with Crippen LogP contribution in [0.1, 0.15) is 19.4 Å². The number of non-ortho nitro benzene ring substituents is 1. The van der Waals surface area contributed by atoms with Gasteiger partial charge in [0.05, 0.1) is 11.5 Å². The lowest BCUT2D eigenvalue weighted by molar-refractivity contribution is -0.389. The van der Waals surface area contributed by atoms with E-state index in [1.807, 2.05) is 0 Å². The highest BCUT2D eigenvalue weighted by molar-refractivity contribution is 7.72. The zero-order valence-electron chi connectivity index (χ0n) is 17.0.